The number of unbranched alkanes of at least 4 members (excludes halogenated alkanes) is 3. The van der Waals surface area contributed by atoms with Gasteiger partial charge in [-0.1, -0.05) is 52.2 Å². The van der Waals surface area contributed by atoms with Crippen molar-refractivity contribution in [3.63, 3.8) is 0 Å². The molecule has 0 aliphatic rings. The summed E-state index contributed by atoms with van der Waals surface area (Å²) in [6, 6.07) is 16.4. The van der Waals surface area contributed by atoms with Crippen molar-refractivity contribution in [2.45, 2.75) is 52.9 Å². The summed E-state index contributed by atoms with van der Waals surface area (Å²) >= 11 is 0. The van der Waals surface area contributed by atoms with E-state index in [0.717, 1.165) is 62.0 Å². The van der Waals surface area contributed by atoms with Crippen LogP contribution in [0.4, 0.5) is 11.4 Å². The number of benzene rings is 2. The zero-order valence-corrected chi connectivity index (χ0v) is 18.4. The molecule has 0 atom stereocenters. The first kappa shape index (κ1) is 22.9. The Morgan fingerprint density at radius 1 is 0.759 bits per heavy atom. The summed E-state index contributed by atoms with van der Waals surface area (Å²) in [5, 5.41) is 6.90. The minimum Gasteiger partial charge on any atom is -0.494 e. The molecule has 4 heteroatoms. The Kier molecular flexibility index (Phi) is 10.9. The lowest BCUT2D eigenvalue weighted by Gasteiger charge is -2.12. The fraction of sp³-hybridized carbons (Fsp3) is 0.520. The van der Waals surface area contributed by atoms with Crippen molar-refractivity contribution in [2.24, 2.45) is 5.92 Å². The maximum atomic E-state index is 5.86. The van der Waals surface area contributed by atoms with Crippen LogP contribution >= 0.6 is 0 Å². The van der Waals surface area contributed by atoms with Crippen LogP contribution in [0, 0.1) is 5.92 Å². The Labute approximate surface area is 177 Å². The van der Waals surface area contributed by atoms with Crippen molar-refractivity contribution in [3.8, 4) is 11.5 Å². The van der Waals surface area contributed by atoms with Gasteiger partial charge in [0.25, 0.3) is 0 Å². The molecule has 2 aromatic carbocycles. The monoisotopic (exact) mass is 398 g/mol. The van der Waals surface area contributed by atoms with Gasteiger partial charge in [0, 0.05) is 36.6 Å². The van der Waals surface area contributed by atoms with E-state index in [9.17, 15) is 0 Å². The third kappa shape index (κ3) is 10.1. The Morgan fingerprint density at radius 3 is 1.90 bits per heavy atom. The number of hydrogen-bond acceptors (Lipinski definition) is 4. The molecule has 0 heterocycles. The Bertz CT molecular complexity index is 688. The molecule has 0 spiro atoms. The minimum atomic E-state index is 0.660. The van der Waals surface area contributed by atoms with Gasteiger partial charge in [0.15, 0.2) is 0 Å². The van der Waals surface area contributed by atoms with Crippen molar-refractivity contribution in [2.75, 3.05) is 36.9 Å². The number of hydrogen-bond donors (Lipinski definition) is 2. The molecular weight excluding hydrogens is 360 g/mol. The Balaban J connectivity index is 1.67. The zero-order chi connectivity index (χ0) is 20.7. The second-order valence-corrected chi connectivity index (χ2v) is 7.85. The molecule has 2 N–H and O–H groups in total. The first-order valence-electron chi connectivity index (χ1n) is 11.1. The van der Waals surface area contributed by atoms with E-state index in [4.69, 9.17) is 9.47 Å². The molecule has 0 bridgehead atoms. The number of rotatable bonds is 15. The summed E-state index contributed by atoms with van der Waals surface area (Å²) in [6.07, 6.45) is 5.97. The van der Waals surface area contributed by atoms with Gasteiger partial charge in [0.05, 0.1) is 13.2 Å². The lowest BCUT2D eigenvalue weighted by atomic mass is 10.1. The molecule has 4 nitrogen and oxygen atoms in total. The van der Waals surface area contributed by atoms with Crippen LogP contribution in [0.1, 0.15) is 52.9 Å². The Morgan fingerprint density at radius 2 is 1.34 bits per heavy atom. The standard InChI is InChI=1S/C25H38N2O2/c1-4-5-6-7-17-28-24-12-8-10-22(19-24)26-15-16-27-23-11-9-13-25(20-23)29-18-14-21(2)3/h8-13,19-21,26-27H,4-7,14-18H2,1-3H3. The fourth-order valence-corrected chi connectivity index (χ4v) is 2.94. The van der Waals surface area contributed by atoms with E-state index in [-0.39, 0.29) is 0 Å². The highest BCUT2D eigenvalue weighted by Gasteiger charge is 2.00. The van der Waals surface area contributed by atoms with Crippen molar-refractivity contribution in [1.29, 1.82) is 0 Å². The van der Waals surface area contributed by atoms with Crippen molar-refractivity contribution in [3.05, 3.63) is 48.5 Å². The molecule has 0 radical (unpaired) electrons. The average molecular weight is 399 g/mol. The second-order valence-electron chi connectivity index (χ2n) is 7.85. The first-order valence-corrected chi connectivity index (χ1v) is 11.1. The van der Waals surface area contributed by atoms with Gasteiger partial charge >= 0.3 is 0 Å². The van der Waals surface area contributed by atoms with Gasteiger partial charge in [0.1, 0.15) is 11.5 Å². The van der Waals surface area contributed by atoms with Gasteiger partial charge in [-0.2, -0.15) is 0 Å². The van der Waals surface area contributed by atoms with Crippen LogP contribution in [0.15, 0.2) is 48.5 Å². The van der Waals surface area contributed by atoms with Crippen LogP contribution in [0.3, 0.4) is 0 Å². The molecule has 0 amide bonds. The summed E-state index contributed by atoms with van der Waals surface area (Å²) in [4.78, 5) is 0. The second kappa shape index (κ2) is 13.8. The molecule has 2 aromatic rings. The van der Waals surface area contributed by atoms with E-state index < -0.39 is 0 Å². The van der Waals surface area contributed by atoms with Crippen molar-refractivity contribution in [1.82, 2.24) is 0 Å². The third-order valence-electron chi connectivity index (χ3n) is 4.68. The van der Waals surface area contributed by atoms with E-state index in [2.05, 4.69) is 55.7 Å². The van der Waals surface area contributed by atoms with Crippen LogP contribution in [0.5, 0.6) is 11.5 Å². The number of nitrogens with one attached hydrogen (secondary N) is 2. The van der Waals surface area contributed by atoms with Crippen molar-refractivity contribution >= 4 is 11.4 Å². The van der Waals surface area contributed by atoms with E-state index >= 15 is 0 Å². The van der Waals surface area contributed by atoms with Crippen LogP contribution < -0.4 is 20.1 Å². The lowest BCUT2D eigenvalue weighted by Crippen LogP contribution is -2.13. The van der Waals surface area contributed by atoms with Gasteiger partial charge in [0.2, 0.25) is 0 Å². The van der Waals surface area contributed by atoms with E-state index in [1.165, 1.54) is 19.3 Å². The molecule has 0 saturated heterocycles. The zero-order valence-electron chi connectivity index (χ0n) is 18.4. The number of ether oxygens (including phenoxy) is 2. The van der Waals surface area contributed by atoms with Gasteiger partial charge in [-0.15, -0.1) is 0 Å². The predicted octanol–water partition coefficient (Wildman–Crippen LogP) is 6.59. The SMILES string of the molecule is CCCCCCOc1cccc(NCCNc2cccc(OCCC(C)C)c2)c1. The van der Waals surface area contributed by atoms with Crippen LogP contribution in [-0.2, 0) is 0 Å². The molecule has 0 saturated carbocycles. The molecule has 0 aliphatic heterocycles. The van der Waals surface area contributed by atoms with E-state index in [1.54, 1.807) is 0 Å². The third-order valence-corrected chi connectivity index (χ3v) is 4.68. The highest BCUT2D eigenvalue weighted by molar-refractivity contribution is 5.50. The van der Waals surface area contributed by atoms with Gasteiger partial charge in [-0.25, -0.2) is 0 Å². The molecule has 0 aliphatic carbocycles. The normalized spacial score (nSPS) is 10.8. The topological polar surface area (TPSA) is 42.5 Å². The average Bonchev–Trinajstić information content (AvgIpc) is 2.71. The smallest absolute Gasteiger partial charge is 0.121 e. The van der Waals surface area contributed by atoms with Gasteiger partial charge in [-0.05, 0) is 43.0 Å². The van der Waals surface area contributed by atoms with E-state index in [0.29, 0.717) is 5.92 Å². The summed E-state index contributed by atoms with van der Waals surface area (Å²) < 4.78 is 11.7. The molecular formula is C25H38N2O2. The van der Waals surface area contributed by atoms with Gasteiger partial charge in [-0.3, -0.25) is 0 Å². The van der Waals surface area contributed by atoms with Gasteiger partial charge < -0.3 is 20.1 Å². The van der Waals surface area contributed by atoms with Crippen LogP contribution in [-0.4, -0.2) is 26.3 Å². The molecule has 0 unspecified atom stereocenters. The molecule has 2 rings (SSSR count). The summed E-state index contributed by atoms with van der Waals surface area (Å²) in [6.45, 7) is 9.87. The number of anilines is 2. The predicted molar refractivity (Wildman–Crippen MR) is 124 cm³/mol. The quantitative estimate of drug-likeness (QED) is 0.332. The highest BCUT2D eigenvalue weighted by Crippen LogP contribution is 2.19. The maximum absolute atomic E-state index is 5.86. The van der Waals surface area contributed by atoms with E-state index in [1.807, 2.05) is 24.3 Å². The Hall–Kier alpha value is -2.36. The fourth-order valence-electron chi connectivity index (χ4n) is 2.94. The highest BCUT2D eigenvalue weighted by atomic mass is 16.5. The maximum Gasteiger partial charge on any atom is 0.121 e. The summed E-state index contributed by atoms with van der Waals surface area (Å²) in [7, 11) is 0. The summed E-state index contributed by atoms with van der Waals surface area (Å²) in [5.74, 6) is 2.52. The lowest BCUT2D eigenvalue weighted by molar-refractivity contribution is 0.289. The largest absolute Gasteiger partial charge is 0.494 e. The van der Waals surface area contributed by atoms with Crippen LogP contribution in [0.25, 0.3) is 0 Å². The minimum absolute atomic E-state index is 0.660. The molecule has 0 aromatic heterocycles. The van der Waals surface area contributed by atoms with Crippen molar-refractivity contribution < 1.29 is 9.47 Å². The van der Waals surface area contributed by atoms with Crippen LogP contribution in [0.2, 0.25) is 0 Å². The molecule has 0 fully saturated rings. The molecule has 29 heavy (non-hydrogen) atoms. The molecule has 160 valence electrons. The first-order chi connectivity index (χ1) is 14.2. The summed E-state index contributed by atoms with van der Waals surface area (Å²) in [5.41, 5.74) is 2.17.